The van der Waals surface area contributed by atoms with Crippen molar-refractivity contribution in [2.45, 2.75) is 31.5 Å². The minimum Gasteiger partial charge on any atom is -0.469 e. The first-order chi connectivity index (χ1) is 6.93. The number of carbonyl (C=O) groups is 1. The van der Waals surface area contributed by atoms with Gasteiger partial charge in [0, 0.05) is 6.42 Å². The first kappa shape index (κ1) is 12.3. The Hall–Kier alpha value is -0.780. The Morgan fingerprint density at radius 2 is 2.20 bits per heavy atom. The Morgan fingerprint density at radius 3 is 2.73 bits per heavy atom. The third kappa shape index (κ3) is 3.70. The topological polar surface area (TPSA) is 38.3 Å². The van der Waals surface area contributed by atoms with E-state index in [2.05, 4.69) is 10.1 Å². The van der Waals surface area contributed by atoms with Gasteiger partial charge in [0.1, 0.15) is 6.04 Å². The standard InChI is InChI=1S/C9H14F3NO2/c1-15-8(14)5-6-2-3-13-7(4-6)9(10,11)12/h6-7,13H,2-5H2,1H3/t6-,7+/m1/s1. The van der Waals surface area contributed by atoms with E-state index >= 15 is 0 Å². The number of rotatable bonds is 2. The van der Waals surface area contributed by atoms with E-state index in [4.69, 9.17) is 0 Å². The van der Waals surface area contributed by atoms with Crippen LogP contribution in [0.1, 0.15) is 19.3 Å². The van der Waals surface area contributed by atoms with Gasteiger partial charge in [-0.05, 0) is 25.3 Å². The first-order valence-electron chi connectivity index (χ1n) is 4.80. The summed E-state index contributed by atoms with van der Waals surface area (Å²) in [5, 5.41) is 2.40. The summed E-state index contributed by atoms with van der Waals surface area (Å²) in [6.45, 7) is 0.297. The van der Waals surface area contributed by atoms with E-state index in [1.165, 1.54) is 7.11 Å². The molecule has 0 spiro atoms. The first-order valence-corrected chi connectivity index (χ1v) is 4.80. The molecule has 1 fully saturated rings. The Bertz CT molecular complexity index is 230. The minimum absolute atomic E-state index is 0.0431. The SMILES string of the molecule is COC(=O)C[C@@H]1CCN[C@H](C(F)(F)F)C1. The summed E-state index contributed by atoms with van der Waals surface area (Å²) in [6.07, 6.45) is -3.61. The third-order valence-corrected chi connectivity index (χ3v) is 2.59. The van der Waals surface area contributed by atoms with Crippen molar-refractivity contribution >= 4 is 5.97 Å². The van der Waals surface area contributed by atoms with Gasteiger partial charge in [0.25, 0.3) is 0 Å². The van der Waals surface area contributed by atoms with Crippen molar-refractivity contribution in [3.63, 3.8) is 0 Å². The Balaban J connectivity index is 2.46. The lowest BCUT2D eigenvalue weighted by molar-refractivity contribution is -0.165. The fourth-order valence-electron chi connectivity index (χ4n) is 1.75. The summed E-state index contributed by atoms with van der Waals surface area (Å²) in [6, 6.07) is -1.49. The number of hydrogen-bond acceptors (Lipinski definition) is 3. The molecule has 0 aromatic rings. The van der Waals surface area contributed by atoms with Gasteiger partial charge in [0.05, 0.1) is 7.11 Å². The summed E-state index contributed by atoms with van der Waals surface area (Å²) >= 11 is 0. The van der Waals surface area contributed by atoms with E-state index in [9.17, 15) is 18.0 Å². The molecule has 1 rings (SSSR count). The highest BCUT2D eigenvalue weighted by Gasteiger charge is 2.42. The number of piperidine rings is 1. The van der Waals surface area contributed by atoms with Crippen LogP contribution in [0.2, 0.25) is 0 Å². The number of halogens is 3. The van der Waals surface area contributed by atoms with Crippen molar-refractivity contribution in [2.75, 3.05) is 13.7 Å². The normalized spacial score (nSPS) is 27.5. The highest BCUT2D eigenvalue weighted by atomic mass is 19.4. The number of hydrogen-bond donors (Lipinski definition) is 1. The number of methoxy groups -OCH3 is 1. The maximum absolute atomic E-state index is 12.4. The van der Waals surface area contributed by atoms with E-state index in [0.717, 1.165) is 0 Å². The molecular formula is C9H14F3NO2. The Labute approximate surface area is 86.0 Å². The maximum atomic E-state index is 12.4. The van der Waals surface area contributed by atoms with Gasteiger partial charge in [-0.3, -0.25) is 4.79 Å². The molecule has 88 valence electrons. The molecule has 0 bridgehead atoms. The van der Waals surface area contributed by atoms with Crippen LogP contribution in [0, 0.1) is 5.92 Å². The molecule has 0 radical (unpaired) electrons. The smallest absolute Gasteiger partial charge is 0.403 e. The van der Waals surface area contributed by atoms with Gasteiger partial charge < -0.3 is 10.1 Å². The Morgan fingerprint density at radius 1 is 1.53 bits per heavy atom. The van der Waals surface area contributed by atoms with E-state index < -0.39 is 18.2 Å². The number of esters is 1. The predicted molar refractivity (Wildman–Crippen MR) is 47.2 cm³/mol. The second-order valence-corrected chi connectivity index (χ2v) is 3.72. The summed E-state index contributed by atoms with van der Waals surface area (Å²) in [5.74, 6) is -0.673. The average Bonchev–Trinajstić information content (AvgIpc) is 2.17. The minimum atomic E-state index is -4.23. The van der Waals surface area contributed by atoms with Crippen molar-refractivity contribution in [3.8, 4) is 0 Å². The average molecular weight is 225 g/mol. The van der Waals surface area contributed by atoms with Crippen molar-refractivity contribution in [1.29, 1.82) is 0 Å². The zero-order valence-electron chi connectivity index (χ0n) is 8.43. The fourth-order valence-corrected chi connectivity index (χ4v) is 1.75. The zero-order valence-corrected chi connectivity index (χ0v) is 8.43. The van der Waals surface area contributed by atoms with Crippen LogP contribution in [0.5, 0.6) is 0 Å². The molecule has 1 N–H and O–H groups in total. The van der Waals surface area contributed by atoms with Gasteiger partial charge in [0.15, 0.2) is 0 Å². The maximum Gasteiger partial charge on any atom is 0.403 e. The third-order valence-electron chi connectivity index (χ3n) is 2.59. The van der Waals surface area contributed by atoms with Crippen LogP contribution in [0.3, 0.4) is 0 Å². The van der Waals surface area contributed by atoms with Gasteiger partial charge in [-0.2, -0.15) is 13.2 Å². The predicted octanol–water partition coefficient (Wildman–Crippen LogP) is 1.48. The highest BCUT2D eigenvalue weighted by molar-refractivity contribution is 5.69. The van der Waals surface area contributed by atoms with Crippen molar-refractivity contribution in [1.82, 2.24) is 5.32 Å². The zero-order chi connectivity index (χ0) is 11.5. The molecule has 1 aliphatic heterocycles. The molecule has 0 aromatic heterocycles. The van der Waals surface area contributed by atoms with E-state index in [-0.39, 0.29) is 18.8 Å². The molecule has 0 saturated carbocycles. The number of alkyl halides is 3. The van der Waals surface area contributed by atoms with E-state index in [1.807, 2.05) is 0 Å². The van der Waals surface area contributed by atoms with Gasteiger partial charge in [-0.15, -0.1) is 0 Å². The molecular weight excluding hydrogens is 211 g/mol. The van der Waals surface area contributed by atoms with E-state index in [1.54, 1.807) is 0 Å². The molecule has 0 unspecified atom stereocenters. The number of nitrogens with one attached hydrogen (secondary N) is 1. The molecule has 6 heteroatoms. The fraction of sp³-hybridized carbons (Fsp3) is 0.889. The molecule has 1 heterocycles. The summed E-state index contributed by atoms with van der Waals surface area (Å²) in [5.41, 5.74) is 0. The molecule has 3 nitrogen and oxygen atoms in total. The molecule has 1 saturated heterocycles. The molecule has 0 aromatic carbocycles. The van der Waals surface area contributed by atoms with E-state index in [0.29, 0.717) is 13.0 Å². The Kier molecular flexibility index (Phi) is 3.96. The lowest BCUT2D eigenvalue weighted by Crippen LogP contribution is -2.48. The van der Waals surface area contributed by atoms with Gasteiger partial charge in [-0.25, -0.2) is 0 Å². The van der Waals surface area contributed by atoms with Crippen LogP contribution >= 0.6 is 0 Å². The van der Waals surface area contributed by atoms with Gasteiger partial charge in [0.2, 0.25) is 0 Å². The molecule has 0 aliphatic carbocycles. The molecule has 15 heavy (non-hydrogen) atoms. The van der Waals surface area contributed by atoms with Crippen molar-refractivity contribution in [3.05, 3.63) is 0 Å². The lowest BCUT2D eigenvalue weighted by Gasteiger charge is -2.31. The van der Waals surface area contributed by atoms with Crippen LogP contribution in [-0.2, 0) is 9.53 Å². The summed E-state index contributed by atoms with van der Waals surface area (Å²) < 4.78 is 41.5. The van der Waals surface area contributed by atoms with Gasteiger partial charge >= 0.3 is 12.1 Å². The molecule has 1 aliphatic rings. The summed E-state index contributed by atoms with van der Waals surface area (Å²) in [7, 11) is 1.24. The quantitative estimate of drug-likeness (QED) is 0.723. The second-order valence-electron chi connectivity index (χ2n) is 3.72. The molecule has 2 atom stereocenters. The monoisotopic (exact) mass is 225 g/mol. The van der Waals surface area contributed by atoms with Crippen molar-refractivity contribution < 1.29 is 22.7 Å². The van der Waals surface area contributed by atoms with Crippen LogP contribution in [0.4, 0.5) is 13.2 Å². The highest BCUT2D eigenvalue weighted by Crippen LogP contribution is 2.30. The summed E-state index contributed by atoms with van der Waals surface area (Å²) in [4.78, 5) is 10.9. The molecule has 0 amide bonds. The van der Waals surface area contributed by atoms with Crippen LogP contribution < -0.4 is 5.32 Å². The van der Waals surface area contributed by atoms with Crippen molar-refractivity contribution in [2.24, 2.45) is 5.92 Å². The van der Waals surface area contributed by atoms with Crippen LogP contribution in [0.25, 0.3) is 0 Å². The van der Waals surface area contributed by atoms with Crippen LogP contribution in [-0.4, -0.2) is 31.8 Å². The largest absolute Gasteiger partial charge is 0.469 e. The lowest BCUT2D eigenvalue weighted by atomic mass is 9.89. The number of ether oxygens (including phenoxy) is 1. The second kappa shape index (κ2) is 4.83. The number of carbonyl (C=O) groups excluding carboxylic acids is 1. The van der Waals surface area contributed by atoms with Gasteiger partial charge in [-0.1, -0.05) is 0 Å². The van der Waals surface area contributed by atoms with Crippen LogP contribution in [0.15, 0.2) is 0 Å².